The van der Waals surface area contributed by atoms with Crippen molar-refractivity contribution >= 4 is 18.4 Å². The molecule has 0 bridgehead atoms. The molecule has 0 N–H and O–H groups in total. The summed E-state index contributed by atoms with van der Waals surface area (Å²) in [5, 5.41) is 0. The first kappa shape index (κ1) is 11.9. The molecule has 0 radical (unpaired) electrons. The molecule has 0 fully saturated rings. The number of hydrogen-bond donors (Lipinski definition) is 1. The summed E-state index contributed by atoms with van der Waals surface area (Å²) in [6, 6.07) is 4.70. The number of carbonyl (C=O) groups is 1. The van der Waals surface area contributed by atoms with Crippen molar-refractivity contribution < 1.29 is 22.7 Å². The van der Waals surface area contributed by atoms with Gasteiger partial charge in [-0.25, -0.2) is 0 Å². The number of thiol groups is 1. The molecule has 0 amide bonds. The van der Waals surface area contributed by atoms with Gasteiger partial charge < -0.3 is 4.74 Å². The second kappa shape index (κ2) is 4.57. The molecule has 0 saturated carbocycles. The van der Waals surface area contributed by atoms with Gasteiger partial charge in [0.05, 0.1) is 5.75 Å². The number of halogens is 3. The van der Waals surface area contributed by atoms with Crippen molar-refractivity contribution in [3.8, 4) is 5.75 Å². The summed E-state index contributed by atoms with van der Waals surface area (Å²) in [5.41, 5.74) is 0.305. The van der Waals surface area contributed by atoms with E-state index in [1.54, 1.807) is 0 Å². The molecule has 6 heteroatoms. The maximum Gasteiger partial charge on any atom is 0.573 e. The van der Waals surface area contributed by atoms with Gasteiger partial charge in [0.25, 0.3) is 0 Å². The Balaban J connectivity index is 2.77. The molecule has 0 aliphatic heterocycles. The molecular formula is C9H7F3O2S. The minimum absolute atomic E-state index is 0.0134. The van der Waals surface area contributed by atoms with Crippen molar-refractivity contribution in [1.82, 2.24) is 0 Å². The lowest BCUT2D eigenvalue weighted by Crippen LogP contribution is -2.17. The van der Waals surface area contributed by atoms with Gasteiger partial charge in [0.1, 0.15) is 5.75 Å². The predicted octanol–water partition coefficient (Wildman–Crippen LogP) is 2.70. The van der Waals surface area contributed by atoms with Gasteiger partial charge in [-0.2, -0.15) is 12.6 Å². The van der Waals surface area contributed by atoms with Gasteiger partial charge >= 0.3 is 6.36 Å². The maximum absolute atomic E-state index is 11.8. The number of alkyl halides is 3. The van der Waals surface area contributed by atoms with Crippen LogP contribution in [0.2, 0.25) is 0 Å². The fourth-order valence-corrected chi connectivity index (χ4v) is 1.12. The molecule has 1 aromatic carbocycles. The van der Waals surface area contributed by atoms with Gasteiger partial charge in [0.2, 0.25) is 0 Å². The molecule has 82 valence electrons. The highest BCUT2D eigenvalue weighted by Gasteiger charge is 2.30. The van der Waals surface area contributed by atoms with Crippen LogP contribution in [0.5, 0.6) is 5.75 Å². The SMILES string of the molecule is O=C(CS)c1ccc(OC(F)(F)F)cc1. The molecule has 0 atom stereocenters. The number of carbonyl (C=O) groups excluding carboxylic acids is 1. The van der Waals surface area contributed by atoms with Crippen LogP contribution in [0.15, 0.2) is 24.3 Å². The lowest BCUT2D eigenvalue weighted by atomic mass is 10.1. The van der Waals surface area contributed by atoms with Crippen LogP contribution < -0.4 is 4.74 Å². The smallest absolute Gasteiger partial charge is 0.406 e. The quantitative estimate of drug-likeness (QED) is 0.645. The molecule has 0 spiro atoms. The average Bonchev–Trinajstić information content (AvgIpc) is 2.15. The van der Waals surface area contributed by atoms with Crippen molar-refractivity contribution in [3.63, 3.8) is 0 Å². The fourth-order valence-electron chi connectivity index (χ4n) is 0.934. The topological polar surface area (TPSA) is 26.3 Å². The van der Waals surface area contributed by atoms with E-state index in [9.17, 15) is 18.0 Å². The molecule has 0 aliphatic rings. The Labute approximate surface area is 89.5 Å². The van der Waals surface area contributed by atoms with Crippen LogP contribution in [-0.2, 0) is 0 Å². The summed E-state index contributed by atoms with van der Waals surface area (Å²) in [5.74, 6) is -0.588. The Morgan fingerprint density at radius 2 is 1.80 bits per heavy atom. The number of hydrogen-bond acceptors (Lipinski definition) is 3. The van der Waals surface area contributed by atoms with Gasteiger partial charge in [-0.15, -0.1) is 13.2 Å². The molecule has 0 aliphatic carbocycles. The first-order valence-electron chi connectivity index (χ1n) is 3.92. The van der Waals surface area contributed by atoms with Crippen LogP contribution in [-0.4, -0.2) is 17.9 Å². The Morgan fingerprint density at radius 3 is 2.20 bits per heavy atom. The van der Waals surface area contributed by atoms with Crippen molar-refractivity contribution in [2.45, 2.75) is 6.36 Å². The van der Waals surface area contributed by atoms with Gasteiger partial charge in [0.15, 0.2) is 5.78 Å². The van der Waals surface area contributed by atoms with Crippen LogP contribution in [0.4, 0.5) is 13.2 Å². The molecular weight excluding hydrogens is 229 g/mol. The predicted molar refractivity (Wildman–Crippen MR) is 51.3 cm³/mol. The van der Waals surface area contributed by atoms with Crippen LogP contribution in [0.1, 0.15) is 10.4 Å². The number of rotatable bonds is 3. The number of ketones is 1. The van der Waals surface area contributed by atoms with Crippen LogP contribution in [0.3, 0.4) is 0 Å². The summed E-state index contributed by atoms with van der Waals surface area (Å²) in [7, 11) is 0. The second-order valence-corrected chi connectivity index (χ2v) is 2.97. The molecule has 0 unspecified atom stereocenters. The minimum atomic E-state index is -4.71. The standard InChI is InChI=1S/C9H7F3O2S/c10-9(11,12)14-7-3-1-6(2-4-7)8(13)5-15/h1-4,15H,5H2. The first-order chi connectivity index (χ1) is 6.92. The summed E-state index contributed by atoms with van der Waals surface area (Å²) >= 11 is 3.76. The average molecular weight is 236 g/mol. The third-order valence-electron chi connectivity index (χ3n) is 1.55. The van der Waals surface area contributed by atoms with Gasteiger partial charge in [0, 0.05) is 5.56 Å². The van der Waals surface area contributed by atoms with E-state index in [1.807, 2.05) is 0 Å². The van der Waals surface area contributed by atoms with E-state index in [4.69, 9.17) is 0 Å². The van der Waals surface area contributed by atoms with Crippen molar-refractivity contribution in [1.29, 1.82) is 0 Å². The van der Waals surface area contributed by atoms with Gasteiger partial charge in [-0.1, -0.05) is 0 Å². The molecule has 2 nitrogen and oxygen atoms in total. The highest BCUT2D eigenvalue weighted by molar-refractivity contribution is 7.81. The summed E-state index contributed by atoms with van der Waals surface area (Å²) < 4.78 is 38.9. The largest absolute Gasteiger partial charge is 0.573 e. The number of benzene rings is 1. The van der Waals surface area contributed by atoms with E-state index in [-0.39, 0.29) is 17.3 Å². The molecule has 0 saturated heterocycles. The first-order valence-corrected chi connectivity index (χ1v) is 4.55. The van der Waals surface area contributed by atoms with Crippen molar-refractivity contribution in [2.75, 3.05) is 5.75 Å². The zero-order valence-electron chi connectivity index (χ0n) is 7.41. The fraction of sp³-hybridized carbons (Fsp3) is 0.222. The number of Topliss-reactive ketones (excluding diaryl/α,β-unsaturated/α-hetero) is 1. The van der Waals surface area contributed by atoms with E-state index in [0.29, 0.717) is 5.56 Å². The lowest BCUT2D eigenvalue weighted by molar-refractivity contribution is -0.274. The normalized spacial score (nSPS) is 11.2. The third kappa shape index (κ3) is 3.83. The Bertz CT molecular complexity index is 345. The Morgan fingerprint density at radius 1 is 1.27 bits per heavy atom. The van der Waals surface area contributed by atoms with Crippen LogP contribution in [0.25, 0.3) is 0 Å². The van der Waals surface area contributed by atoms with Crippen LogP contribution in [0, 0.1) is 0 Å². The van der Waals surface area contributed by atoms with Crippen molar-refractivity contribution in [2.24, 2.45) is 0 Å². The Kier molecular flexibility index (Phi) is 3.62. The second-order valence-electron chi connectivity index (χ2n) is 2.65. The summed E-state index contributed by atoms with van der Waals surface area (Å²) in [6.07, 6.45) is -4.71. The minimum Gasteiger partial charge on any atom is -0.406 e. The monoisotopic (exact) mass is 236 g/mol. The molecule has 0 heterocycles. The van der Waals surface area contributed by atoms with E-state index < -0.39 is 6.36 Å². The Hall–Kier alpha value is -1.17. The van der Waals surface area contributed by atoms with Gasteiger partial charge in [-0.3, -0.25) is 4.79 Å². The van der Waals surface area contributed by atoms with Crippen LogP contribution >= 0.6 is 12.6 Å². The lowest BCUT2D eigenvalue weighted by Gasteiger charge is -2.08. The molecule has 1 rings (SSSR count). The van der Waals surface area contributed by atoms with E-state index in [1.165, 1.54) is 12.1 Å². The molecule has 1 aromatic rings. The summed E-state index contributed by atoms with van der Waals surface area (Å²) in [6.45, 7) is 0. The number of ether oxygens (including phenoxy) is 1. The zero-order chi connectivity index (χ0) is 11.5. The maximum atomic E-state index is 11.8. The molecule has 15 heavy (non-hydrogen) atoms. The third-order valence-corrected chi connectivity index (χ3v) is 1.84. The van der Waals surface area contributed by atoms with E-state index >= 15 is 0 Å². The zero-order valence-corrected chi connectivity index (χ0v) is 8.31. The molecule has 0 aromatic heterocycles. The van der Waals surface area contributed by atoms with Crippen molar-refractivity contribution in [3.05, 3.63) is 29.8 Å². The van der Waals surface area contributed by atoms with E-state index in [2.05, 4.69) is 17.4 Å². The van der Waals surface area contributed by atoms with Gasteiger partial charge in [-0.05, 0) is 24.3 Å². The summed E-state index contributed by atoms with van der Waals surface area (Å²) in [4.78, 5) is 11.1. The highest BCUT2D eigenvalue weighted by Crippen LogP contribution is 2.22. The van der Waals surface area contributed by atoms with E-state index in [0.717, 1.165) is 12.1 Å². The highest BCUT2D eigenvalue weighted by atomic mass is 32.1.